The lowest BCUT2D eigenvalue weighted by Crippen LogP contribution is -2.32. The normalized spacial score (nSPS) is 10.8. The van der Waals surface area contributed by atoms with E-state index in [9.17, 15) is 29.4 Å². The van der Waals surface area contributed by atoms with Gasteiger partial charge in [0.2, 0.25) is 11.8 Å². The SMILES string of the molecule is C/C=C\C(C(=O)Nc1ccc(OCCOC)c(C(=O)O)c1)C(=O)Nc1ccc(OCCOC)c(C(=O)O)c1. The number of carbonyl (C=O) groups excluding carboxylic acids is 2. The first-order chi connectivity index (χ1) is 18.2. The van der Waals surface area contributed by atoms with Gasteiger partial charge in [-0.05, 0) is 43.3 Å². The van der Waals surface area contributed by atoms with Crippen molar-refractivity contribution in [1.29, 1.82) is 0 Å². The van der Waals surface area contributed by atoms with Crippen LogP contribution in [0, 0.1) is 5.92 Å². The standard InChI is InChI=1S/C26H30N2O10/c1-4-5-18(23(29)27-16-6-8-21(37-12-10-35-2)19(14-16)25(31)32)24(30)28-17-7-9-22(38-13-11-36-3)20(15-17)26(33)34/h4-9,14-15,18H,10-13H2,1-3H3,(H,27,29)(H,28,30)(H,31,32)(H,33,34)/b5-4-. The molecule has 38 heavy (non-hydrogen) atoms. The average Bonchev–Trinajstić information content (AvgIpc) is 2.88. The molecule has 0 aromatic heterocycles. The molecule has 0 aliphatic rings. The van der Waals surface area contributed by atoms with Gasteiger partial charge in [-0.3, -0.25) is 9.59 Å². The van der Waals surface area contributed by atoms with Crippen molar-refractivity contribution in [2.24, 2.45) is 5.92 Å². The van der Waals surface area contributed by atoms with Crippen LogP contribution >= 0.6 is 0 Å². The van der Waals surface area contributed by atoms with E-state index in [2.05, 4.69) is 10.6 Å². The van der Waals surface area contributed by atoms with E-state index in [1.54, 1.807) is 6.92 Å². The zero-order chi connectivity index (χ0) is 28.1. The smallest absolute Gasteiger partial charge is 0.339 e. The van der Waals surface area contributed by atoms with E-state index in [1.165, 1.54) is 62.8 Å². The molecule has 0 saturated carbocycles. The van der Waals surface area contributed by atoms with Gasteiger partial charge in [0.05, 0.1) is 13.2 Å². The van der Waals surface area contributed by atoms with Crippen LogP contribution < -0.4 is 20.1 Å². The van der Waals surface area contributed by atoms with Crippen LogP contribution in [0.5, 0.6) is 11.5 Å². The van der Waals surface area contributed by atoms with Gasteiger partial charge in [-0.15, -0.1) is 0 Å². The van der Waals surface area contributed by atoms with Gasteiger partial charge in [-0.25, -0.2) is 9.59 Å². The number of aromatic carboxylic acids is 2. The van der Waals surface area contributed by atoms with Crippen molar-refractivity contribution < 1.29 is 48.3 Å². The number of rotatable bonds is 15. The Bertz CT molecular complexity index is 1090. The molecule has 2 amide bonds. The number of anilines is 2. The van der Waals surface area contributed by atoms with E-state index < -0.39 is 29.7 Å². The quantitative estimate of drug-likeness (QED) is 0.153. The van der Waals surface area contributed by atoms with Gasteiger partial charge in [0, 0.05) is 25.6 Å². The Balaban J connectivity index is 2.19. The highest BCUT2D eigenvalue weighted by atomic mass is 16.5. The topological polar surface area (TPSA) is 170 Å². The number of benzene rings is 2. The van der Waals surface area contributed by atoms with Gasteiger partial charge < -0.3 is 39.8 Å². The van der Waals surface area contributed by atoms with E-state index in [0.717, 1.165) is 0 Å². The Hall–Kier alpha value is -4.42. The van der Waals surface area contributed by atoms with Crippen molar-refractivity contribution >= 4 is 35.1 Å². The maximum absolute atomic E-state index is 12.9. The number of carboxylic acid groups (broad SMARTS) is 2. The first kappa shape index (κ1) is 29.8. The predicted octanol–water partition coefficient (Wildman–Crippen LogP) is 2.90. The first-order valence-electron chi connectivity index (χ1n) is 11.4. The Morgan fingerprint density at radius 2 is 1.18 bits per heavy atom. The van der Waals surface area contributed by atoms with Gasteiger partial charge in [-0.2, -0.15) is 0 Å². The van der Waals surface area contributed by atoms with E-state index in [4.69, 9.17) is 18.9 Å². The molecule has 12 nitrogen and oxygen atoms in total. The van der Waals surface area contributed by atoms with E-state index in [-0.39, 0.29) is 60.4 Å². The van der Waals surface area contributed by atoms with Crippen molar-refractivity contribution in [1.82, 2.24) is 0 Å². The zero-order valence-corrected chi connectivity index (χ0v) is 21.2. The summed E-state index contributed by atoms with van der Waals surface area (Å²) in [5, 5.41) is 24.1. The largest absolute Gasteiger partial charge is 0.490 e. The second-order valence-electron chi connectivity index (χ2n) is 7.70. The molecule has 2 aromatic rings. The maximum Gasteiger partial charge on any atom is 0.339 e. The fourth-order valence-electron chi connectivity index (χ4n) is 3.20. The van der Waals surface area contributed by atoms with Crippen molar-refractivity contribution in [2.45, 2.75) is 6.92 Å². The summed E-state index contributed by atoms with van der Waals surface area (Å²) in [4.78, 5) is 49.2. The second kappa shape index (κ2) is 15.0. The lowest BCUT2D eigenvalue weighted by Gasteiger charge is -2.16. The molecule has 0 atom stereocenters. The monoisotopic (exact) mass is 530 g/mol. The first-order valence-corrected chi connectivity index (χ1v) is 11.4. The number of hydrogen-bond donors (Lipinski definition) is 4. The second-order valence-corrected chi connectivity index (χ2v) is 7.70. The molecule has 0 unspecified atom stereocenters. The number of hydrogen-bond acceptors (Lipinski definition) is 8. The Morgan fingerprint density at radius 3 is 1.53 bits per heavy atom. The molecule has 204 valence electrons. The molecule has 12 heteroatoms. The highest BCUT2D eigenvalue weighted by Gasteiger charge is 2.25. The summed E-state index contributed by atoms with van der Waals surface area (Å²) in [5.41, 5.74) is -0.0843. The Labute approximate surface area is 219 Å². The number of carbonyl (C=O) groups is 4. The molecule has 0 fully saturated rings. The molecule has 0 spiro atoms. The van der Waals surface area contributed by atoms with Gasteiger partial charge in [0.25, 0.3) is 0 Å². The van der Waals surface area contributed by atoms with Crippen LogP contribution in [-0.2, 0) is 19.1 Å². The van der Waals surface area contributed by atoms with Crippen LogP contribution in [-0.4, -0.2) is 74.6 Å². The van der Waals surface area contributed by atoms with Crippen LogP contribution in [0.4, 0.5) is 11.4 Å². The third-order valence-electron chi connectivity index (χ3n) is 4.99. The number of amides is 2. The molecule has 0 aliphatic carbocycles. The summed E-state index contributed by atoms with van der Waals surface area (Å²) in [5.74, 6) is -5.11. The lowest BCUT2D eigenvalue weighted by molar-refractivity contribution is -0.127. The summed E-state index contributed by atoms with van der Waals surface area (Å²) >= 11 is 0. The van der Waals surface area contributed by atoms with Gasteiger partial charge in [0.1, 0.15) is 41.8 Å². The summed E-state index contributed by atoms with van der Waals surface area (Å²) in [6.07, 6.45) is 2.86. The summed E-state index contributed by atoms with van der Waals surface area (Å²) in [7, 11) is 2.97. The Kier molecular flexibility index (Phi) is 11.7. The van der Waals surface area contributed by atoms with Gasteiger partial charge in [-0.1, -0.05) is 12.2 Å². The molecule has 0 saturated heterocycles. The molecule has 4 N–H and O–H groups in total. The van der Waals surface area contributed by atoms with E-state index in [1.807, 2.05) is 0 Å². The van der Waals surface area contributed by atoms with E-state index >= 15 is 0 Å². The summed E-state index contributed by atoms with van der Waals surface area (Å²) in [6, 6.07) is 8.10. The molecular weight excluding hydrogens is 500 g/mol. The third kappa shape index (κ3) is 8.61. The minimum absolute atomic E-state index is 0.0965. The minimum atomic E-state index is -1.31. The van der Waals surface area contributed by atoms with Crippen LogP contribution in [0.2, 0.25) is 0 Å². The number of nitrogens with one attached hydrogen (secondary N) is 2. The van der Waals surface area contributed by atoms with Crippen molar-refractivity contribution in [3.05, 3.63) is 59.7 Å². The number of ether oxygens (including phenoxy) is 4. The molecule has 2 aromatic carbocycles. The minimum Gasteiger partial charge on any atom is -0.490 e. The van der Waals surface area contributed by atoms with Gasteiger partial charge in [0.15, 0.2) is 0 Å². The van der Waals surface area contributed by atoms with Crippen LogP contribution in [0.25, 0.3) is 0 Å². The summed E-state index contributed by atoms with van der Waals surface area (Å²) < 4.78 is 20.6. The number of methoxy groups -OCH3 is 2. The zero-order valence-electron chi connectivity index (χ0n) is 21.2. The van der Waals surface area contributed by atoms with Crippen LogP contribution in [0.15, 0.2) is 48.6 Å². The van der Waals surface area contributed by atoms with Crippen molar-refractivity contribution in [3.8, 4) is 11.5 Å². The fraction of sp³-hybridized carbons (Fsp3) is 0.308. The van der Waals surface area contributed by atoms with E-state index in [0.29, 0.717) is 0 Å². The molecule has 0 radical (unpaired) electrons. The van der Waals surface area contributed by atoms with Crippen LogP contribution in [0.3, 0.4) is 0 Å². The fourth-order valence-corrected chi connectivity index (χ4v) is 3.20. The Morgan fingerprint density at radius 1 is 0.763 bits per heavy atom. The highest BCUT2D eigenvalue weighted by Crippen LogP contribution is 2.25. The van der Waals surface area contributed by atoms with Crippen LogP contribution in [0.1, 0.15) is 27.6 Å². The molecule has 0 bridgehead atoms. The number of carboxylic acids is 2. The molecular formula is C26H30N2O10. The third-order valence-corrected chi connectivity index (χ3v) is 4.99. The molecule has 0 heterocycles. The highest BCUT2D eigenvalue weighted by molar-refractivity contribution is 6.12. The average molecular weight is 531 g/mol. The molecule has 2 rings (SSSR count). The summed E-state index contributed by atoms with van der Waals surface area (Å²) in [6.45, 7) is 2.41. The number of allylic oxidation sites excluding steroid dienone is 1. The predicted molar refractivity (Wildman–Crippen MR) is 137 cm³/mol. The molecule has 0 aliphatic heterocycles. The maximum atomic E-state index is 12.9. The van der Waals surface area contributed by atoms with Gasteiger partial charge >= 0.3 is 11.9 Å². The van der Waals surface area contributed by atoms with Crippen molar-refractivity contribution in [3.63, 3.8) is 0 Å². The van der Waals surface area contributed by atoms with Crippen molar-refractivity contribution in [2.75, 3.05) is 51.3 Å². The lowest BCUT2D eigenvalue weighted by atomic mass is 10.1.